The van der Waals surface area contributed by atoms with Crippen LogP contribution in [0.5, 0.6) is 0 Å². The molecule has 1 saturated heterocycles. The molecule has 1 rings (SSSR count). The summed E-state index contributed by atoms with van der Waals surface area (Å²) >= 11 is 0. The molecule has 0 aliphatic carbocycles. The summed E-state index contributed by atoms with van der Waals surface area (Å²) in [6.45, 7) is 7.10. The van der Waals surface area contributed by atoms with E-state index in [2.05, 4.69) is 19.6 Å². The highest BCUT2D eigenvalue weighted by Crippen LogP contribution is 2.25. The van der Waals surface area contributed by atoms with E-state index < -0.39 is 0 Å². The largest absolute Gasteiger partial charge is 0.375 e. The highest BCUT2D eigenvalue weighted by Gasteiger charge is 2.28. The smallest absolute Gasteiger partial charge is 0.0687 e. The lowest BCUT2D eigenvalue weighted by Crippen LogP contribution is -2.39. The fourth-order valence-electron chi connectivity index (χ4n) is 1.76. The lowest BCUT2D eigenvalue weighted by atomic mass is 10.1. The van der Waals surface area contributed by atoms with Crippen LogP contribution in [0.1, 0.15) is 26.2 Å². The zero-order valence-corrected chi connectivity index (χ0v) is 8.85. The molecule has 0 spiro atoms. The van der Waals surface area contributed by atoms with E-state index in [1.54, 1.807) is 0 Å². The summed E-state index contributed by atoms with van der Waals surface area (Å²) < 4.78 is 5.80. The van der Waals surface area contributed by atoms with Crippen molar-refractivity contribution >= 4 is 9.52 Å². The molecule has 64 valence electrons. The van der Waals surface area contributed by atoms with Crippen LogP contribution in [0, 0.1) is 0 Å². The number of ether oxygens (including phenoxy) is 1. The molecule has 0 aromatic carbocycles. The van der Waals surface area contributed by atoms with Crippen LogP contribution in [0.4, 0.5) is 0 Å². The van der Waals surface area contributed by atoms with E-state index in [1.807, 2.05) is 0 Å². The number of hydrogen-bond donors (Lipinski definition) is 0. The number of rotatable bonds is 3. The van der Waals surface area contributed by atoms with E-state index in [1.165, 1.54) is 25.3 Å². The molecule has 1 aliphatic rings. The quantitative estimate of drug-likeness (QED) is 0.462. The zero-order chi connectivity index (χ0) is 8.16. The van der Waals surface area contributed by atoms with Crippen LogP contribution in [-0.4, -0.2) is 21.4 Å². The molecule has 0 amide bonds. The maximum Gasteiger partial charge on any atom is 0.0687 e. The van der Waals surface area contributed by atoms with E-state index in [-0.39, 0.29) is 14.7 Å². The summed E-state index contributed by atoms with van der Waals surface area (Å²) in [6.07, 6.45) is 5.87. The lowest BCUT2D eigenvalue weighted by molar-refractivity contribution is 0.0129. The fraction of sp³-hybridized carbons (Fsp3) is 0.778. The summed E-state index contributed by atoms with van der Waals surface area (Å²) in [5.41, 5.74) is 0. The fourth-order valence-corrected chi connectivity index (χ4v) is 3.60. The van der Waals surface area contributed by atoms with Gasteiger partial charge in [0.2, 0.25) is 0 Å². The Hall–Kier alpha value is -0.0831. The van der Waals surface area contributed by atoms with Crippen molar-refractivity contribution in [2.24, 2.45) is 0 Å². The highest BCUT2D eigenvalue weighted by atomic mass is 28.2. The van der Waals surface area contributed by atoms with Gasteiger partial charge in [0.05, 0.1) is 14.7 Å². The molecule has 0 saturated carbocycles. The first kappa shape index (κ1) is 9.01. The van der Waals surface area contributed by atoms with Crippen molar-refractivity contribution in [1.82, 2.24) is 0 Å². The van der Waals surface area contributed by atoms with Gasteiger partial charge in [0.15, 0.2) is 0 Å². The average Bonchev–Trinajstić information content (AvgIpc) is 2.07. The molecule has 1 fully saturated rings. The summed E-state index contributed by atoms with van der Waals surface area (Å²) in [7, 11) is -0.0712. The molecule has 0 radical (unpaired) electrons. The first-order valence-corrected chi connectivity index (χ1v) is 6.31. The van der Waals surface area contributed by atoms with Gasteiger partial charge in [-0.05, 0) is 19.3 Å². The maximum atomic E-state index is 5.80. The van der Waals surface area contributed by atoms with Gasteiger partial charge < -0.3 is 4.74 Å². The third-order valence-electron chi connectivity index (χ3n) is 2.43. The third kappa shape index (κ3) is 2.17. The molecule has 1 unspecified atom stereocenters. The van der Waals surface area contributed by atoms with Crippen molar-refractivity contribution in [3.05, 3.63) is 12.7 Å². The minimum Gasteiger partial charge on any atom is -0.375 e. The van der Waals surface area contributed by atoms with Gasteiger partial charge in [-0.15, -0.1) is 6.58 Å². The van der Waals surface area contributed by atoms with Gasteiger partial charge in [-0.1, -0.05) is 19.0 Å². The molecule has 1 aliphatic heterocycles. The Morgan fingerprint density at radius 1 is 1.64 bits per heavy atom. The molecule has 1 heterocycles. The zero-order valence-electron chi connectivity index (χ0n) is 7.44. The van der Waals surface area contributed by atoms with Gasteiger partial charge in [0.25, 0.3) is 0 Å². The molecule has 0 aromatic heterocycles. The Kier molecular flexibility index (Phi) is 3.33. The summed E-state index contributed by atoms with van der Waals surface area (Å²) in [4.78, 5) is 0. The van der Waals surface area contributed by atoms with Crippen molar-refractivity contribution < 1.29 is 4.74 Å². The second kappa shape index (κ2) is 4.07. The SMILES string of the molecule is C=CC1([SiH2]CC)CCCCO1. The predicted molar refractivity (Wildman–Crippen MR) is 51.8 cm³/mol. The van der Waals surface area contributed by atoms with Crippen LogP contribution in [0.3, 0.4) is 0 Å². The van der Waals surface area contributed by atoms with Crippen LogP contribution >= 0.6 is 0 Å². The monoisotopic (exact) mass is 170 g/mol. The van der Waals surface area contributed by atoms with Crippen molar-refractivity contribution in [3.63, 3.8) is 0 Å². The van der Waals surface area contributed by atoms with Crippen molar-refractivity contribution in [2.45, 2.75) is 37.5 Å². The number of hydrogen-bond acceptors (Lipinski definition) is 1. The maximum absolute atomic E-state index is 5.80. The topological polar surface area (TPSA) is 9.23 Å². The van der Waals surface area contributed by atoms with Gasteiger partial charge in [0, 0.05) is 6.61 Å². The van der Waals surface area contributed by atoms with E-state index in [4.69, 9.17) is 4.74 Å². The summed E-state index contributed by atoms with van der Waals surface area (Å²) in [6, 6.07) is 1.33. The van der Waals surface area contributed by atoms with Crippen LogP contribution in [0.25, 0.3) is 0 Å². The molecular formula is C9H18OSi. The normalized spacial score (nSPS) is 32.8. The van der Waals surface area contributed by atoms with E-state index in [0.29, 0.717) is 0 Å². The van der Waals surface area contributed by atoms with Crippen LogP contribution in [-0.2, 0) is 4.74 Å². The van der Waals surface area contributed by atoms with E-state index in [9.17, 15) is 0 Å². The van der Waals surface area contributed by atoms with Gasteiger partial charge in [-0.3, -0.25) is 0 Å². The van der Waals surface area contributed by atoms with E-state index >= 15 is 0 Å². The van der Waals surface area contributed by atoms with Gasteiger partial charge in [-0.2, -0.15) is 0 Å². The van der Waals surface area contributed by atoms with Crippen LogP contribution in [0.2, 0.25) is 6.04 Å². The van der Waals surface area contributed by atoms with Gasteiger partial charge in [-0.25, -0.2) is 0 Å². The third-order valence-corrected chi connectivity index (χ3v) is 4.62. The molecule has 2 heteroatoms. The Labute approximate surface area is 71.7 Å². The minimum atomic E-state index is -0.0712. The molecule has 0 bridgehead atoms. The molecule has 1 nitrogen and oxygen atoms in total. The highest BCUT2D eigenvalue weighted by molar-refractivity contribution is 6.40. The minimum absolute atomic E-state index is 0.0712. The first-order valence-electron chi connectivity index (χ1n) is 4.60. The molecular weight excluding hydrogens is 152 g/mol. The first-order chi connectivity index (χ1) is 5.33. The summed E-state index contributed by atoms with van der Waals surface area (Å²) in [5.74, 6) is 0. The predicted octanol–water partition coefficient (Wildman–Crippen LogP) is 1.68. The Morgan fingerprint density at radius 2 is 2.45 bits per heavy atom. The Morgan fingerprint density at radius 3 is 2.91 bits per heavy atom. The van der Waals surface area contributed by atoms with Gasteiger partial charge >= 0.3 is 0 Å². The molecule has 0 aromatic rings. The van der Waals surface area contributed by atoms with E-state index in [0.717, 1.165) is 6.61 Å². The Bertz CT molecular complexity index is 122. The lowest BCUT2D eigenvalue weighted by Gasteiger charge is -2.34. The molecule has 0 N–H and O–H groups in total. The second-order valence-corrected chi connectivity index (χ2v) is 6.02. The van der Waals surface area contributed by atoms with Crippen molar-refractivity contribution in [3.8, 4) is 0 Å². The van der Waals surface area contributed by atoms with Crippen LogP contribution < -0.4 is 0 Å². The van der Waals surface area contributed by atoms with Crippen molar-refractivity contribution in [1.29, 1.82) is 0 Å². The Balaban J connectivity index is 2.49. The van der Waals surface area contributed by atoms with Crippen molar-refractivity contribution in [2.75, 3.05) is 6.61 Å². The average molecular weight is 170 g/mol. The molecule has 1 atom stereocenters. The van der Waals surface area contributed by atoms with Crippen LogP contribution in [0.15, 0.2) is 12.7 Å². The van der Waals surface area contributed by atoms with Gasteiger partial charge in [0.1, 0.15) is 0 Å². The molecule has 11 heavy (non-hydrogen) atoms. The standard InChI is InChI=1S/C9H18OSi/c1-3-9(11-4-2)7-5-6-8-10-9/h3H,1,4-8,11H2,2H3. The summed E-state index contributed by atoms with van der Waals surface area (Å²) in [5, 5.41) is 0.174. The second-order valence-electron chi connectivity index (χ2n) is 3.32.